The summed E-state index contributed by atoms with van der Waals surface area (Å²) in [5, 5.41) is 6.56. The van der Waals surface area contributed by atoms with Gasteiger partial charge in [0.25, 0.3) is 0 Å². The highest BCUT2D eigenvalue weighted by atomic mass is 19.1. The van der Waals surface area contributed by atoms with Crippen LogP contribution >= 0.6 is 0 Å². The highest BCUT2D eigenvalue weighted by molar-refractivity contribution is 5.83. The predicted octanol–water partition coefficient (Wildman–Crippen LogP) is 4.70. The molecule has 2 N–H and O–H groups in total. The van der Waals surface area contributed by atoms with Crippen LogP contribution in [0.4, 0.5) is 10.1 Å². The lowest BCUT2D eigenvalue weighted by molar-refractivity contribution is 0.324. The molecule has 6 nitrogen and oxygen atoms in total. The third-order valence-corrected chi connectivity index (χ3v) is 6.28. The summed E-state index contributed by atoms with van der Waals surface area (Å²) < 4.78 is 30.2. The molecule has 0 saturated carbocycles. The van der Waals surface area contributed by atoms with Gasteiger partial charge in [0.1, 0.15) is 5.82 Å². The molecule has 3 aromatic carbocycles. The molecule has 0 fully saturated rings. The molecule has 0 heterocycles. The number of hydrogen-bond donors (Lipinski definition) is 2. The summed E-state index contributed by atoms with van der Waals surface area (Å²) in [5.41, 5.74) is 4.98. The summed E-state index contributed by atoms with van der Waals surface area (Å²) in [6.45, 7) is 0.407. The van der Waals surface area contributed by atoms with Crippen LogP contribution in [0.5, 0.6) is 17.2 Å². The van der Waals surface area contributed by atoms with Crippen LogP contribution in [0.3, 0.4) is 0 Å². The molecule has 7 heteroatoms. The standard InChI is InChI=1S/C27H29FN2O4/c1-29-21-11-7-17-13-24(32-2)26(33-3)27(34-4)25(17)19-10-12-22(23(31)14-20(19)21)30-15-16-5-8-18(28)9-6-16/h5-6,8-10,12-14,21,29H,7,11,15H2,1-4H3,(H,30,31). The summed E-state index contributed by atoms with van der Waals surface area (Å²) in [6.07, 6.45) is 1.58. The minimum Gasteiger partial charge on any atom is -0.493 e. The van der Waals surface area contributed by atoms with E-state index >= 15 is 0 Å². The molecule has 1 aliphatic carbocycles. The van der Waals surface area contributed by atoms with Gasteiger partial charge < -0.3 is 24.8 Å². The molecule has 0 radical (unpaired) electrons. The van der Waals surface area contributed by atoms with Crippen LogP contribution in [-0.4, -0.2) is 28.4 Å². The SMILES string of the molecule is CNC1CCc2cc(OC)c(OC)c(OC)c2-c2ccc(NCc3ccc(F)cc3)c(=O)cc21. The van der Waals surface area contributed by atoms with Crippen molar-refractivity contribution in [3.8, 4) is 28.4 Å². The van der Waals surface area contributed by atoms with Gasteiger partial charge in [-0.05, 0) is 72.5 Å². The zero-order chi connectivity index (χ0) is 24.2. The van der Waals surface area contributed by atoms with Crippen LogP contribution in [0, 0.1) is 5.82 Å². The van der Waals surface area contributed by atoms with Gasteiger partial charge in [0.15, 0.2) is 11.5 Å². The van der Waals surface area contributed by atoms with Crippen LogP contribution in [0.25, 0.3) is 11.1 Å². The van der Waals surface area contributed by atoms with Crippen LogP contribution in [0.15, 0.2) is 53.3 Å². The van der Waals surface area contributed by atoms with E-state index in [1.807, 2.05) is 19.2 Å². The number of nitrogens with one attached hydrogen (secondary N) is 2. The van der Waals surface area contributed by atoms with E-state index in [1.165, 1.54) is 12.1 Å². The Morgan fingerprint density at radius 3 is 2.35 bits per heavy atom. The maximum absolute atomic E-state index is 13.2. The van der Waals surface area contributed by atoms with Crippen molar-refractivity contribution in [1.82, 2.24) is 5.32 Å². The Morgan fingerprint density at radius 2 is 1.71 bits per heavy atom. The molecule has 0 bridgehead atoms. The van der Waals surface area contributed by atoms with Crippen LogP contribution in [0.1, 0.15) is 29.2 Å². The van der Waals surface area contributed by atoms with E-state index in [0.29, 0.717) is 29.5 Å². The molecule has 1 atom stereocenters. The Labute approximate surface area is 198 Å². The van der Waals surface area contributed by atoms with E-state index in [2.05, 4.69) is 10.6 Å². The Kier molecular flexibility index (Phi) is 7.03. The highest BCUT2D eigenvalue weighted by Crippen LogP contribution is 2.50. The smallest absolute Gasteiger partial charge is 0.203 e. The van der Waals surface area contributed by atoms with E-state index in [-0.39, 0.29) is 17.3 Å². The monoisotopic (exact) mass is 464 g/mol. The van der Waals surface area contributed by atoms with Gasteiger partial charge in [-0.3, -0.25) is 4.79 Å². The number of anilines is 1. The first-order chi connectivity index (χ1) is 16.5. The topological polar surface area (TPSA) is 68.8 Å². The van der Waals surface area contributed by atoms with Crippen molar-refractivity contribution in [2.45, 2.75) is 25.4 Å². The molecular formula is C27H29FN2O4. The maximum Gasteiger partial charge on any atom is 0.203 e. The third-order valence-electron chi connectivity index (χ3n) is 6.28. The lowest BCUT2D eigenvalue weighted by atomic mass is 9.95. The third kappa shape index (κ3) is 4.43. The molecular weight excluding hydrogens is 435 g/mol. The van der Waals surface area contributed by atoms with Gasteiger partial charge in [-0.25, -0.2) is 4.39 Å². The number of hydrogen-bond acceptors (Lipinski definition) is 6. The lowest BCUT2D eigenvalue weighted by Gasteiger charge is -2.19. The van der Waals surface area contributed by atoms with Gasteiger partial charge in [0.05, 0.1) is 27.0 Å². The zero-order valence-electron chi connectivity index (χ0n) is 19.8. The predicted molar refractivity (Wildman–Crippen MR) is 132 cm³/mol. The molecule has 3 aromatic rings. The Bertz CT molecular complexity index is 1240. The fourth-order valence-electron chi connectivity index (χ4n) is 4.56. The summed E-state index contributed by atoms with van der Waals surface area (Å²) in [4.78, 5) is 13.2. The quantitative estimate of drug-likeness (QED) is 0.529. The molecule has 0 saturated heterocycles. The first-order valence-corrected chi connectivity index (χ1v) is 11.2. The van der Waals surface area contributed by atoms with Crippen molar-refractivity contribution < 1.29 is 18.6 Å². The second kappa shape index (κ2) is 10.1. The number of aryl methyl sites for hydroxylation is 1. The van der Waals surface area contributed by atoms with Crippen LogP contribution in [-0.2, 0) is 13.0 Å². The fourth-order valence-corrected chi connectivity index (χ4v) is 4.56. The molecule has 0 amide bonds. The summed E-state index contributed by atoms with van der Waals surface area (Å²) in [7, 11) is 6.69. The van der Waals surface area contributed by atoms with E-state index in [1.54, 1.807) is 45.6 Å². The molecule has 1 unspecified atom stereocenters. The molecule has 34 heavy (non-hydrogen) atoms. The Morgan fingerprint density at radius 1 is 0.971 bits per heavy atom. The number of halogens is 1. The second-order valence-electron chi connectivity index (χ2n) is 8.16. The molecule has 1 aliphatic rings. The van der Waals surface area contributed by atoms with Crippen molar-refractivity contribution in [3.63, 3.8) is 0 Å². The van der Waals surface area contributed by atoms with Gasteiger partial charge in [-0.1, -0.05) is 18.2 Å². The van der Waals surface area contributed by atoms with Gasteiger partial charge in [-0.2, -0.15) is 0 Å². The first kappa shape index (κ1) is 23.6. The average Bonchev–Trinajstić information content (AvgIpc) is 3.10. The van der Waals surface area contributed by atoms with E-state index in [4.69, 9.17) is 14.2 Å². The largest absolute Gasteiger partial charge is 0.493 e. The van der Waals surface area contributed by atoms with Crippen molar-refractivity contribution in [1.29, 1.82) is 0 Å². The molecule has 0 aliphatic heterocycles. The van der Waals surface area contributed by atoms with E-state index in [0.717, 1.165) is 40.7 Å². The van der Waals surface area contributed by atoms with E-state index in [9.17, 15) is 9.18 Å². The number of methoxy groups -OCH3 is 3. The average molecular weight is 465 g/mol. The number of rotatable bonds is 7. The zero-order valence-corrected chi connectivity index (χ0v) is 19.8. The first-order valence-electron chi connectivity index (χ1n) is 11.2. The number of ether oxygens (including phenoxy) is 3. The molecule has 0 spiro atoms. The molecule has 178 valence electrons. The Hall–Kier alpha value is -3.58. The lowest BCUT2D eigenvalue weighted by Crippen LogP contribution is -2.18. The van der Waals surface area contributed by atoms with Crippen molar-refractivity contribution in [2.24, 2.45) is 0 Å². The fraction of sp³-hybridized carbons (Fsp3) is 0.296. The highest BCUT2D eigenvalue weighted by Gasteiger charge is 2.28. The Balaban J connectivity index is 1.86. The number of fused-ring (bicyclic) bond motifs is 3. The second-order valence-corrected chi connectivity index (χ2v) is 8.16. The van der Waals surface area contributed by atoms with Crippen molar-refractivity contribution in [2.75, 3.05) is 33.7 Å². The van der Waals surface area contributed by atoms with Gasteiger partial charge in [0.2, 0.25) is 11.2 Å². The molecule has 0 aromatic heterocycles. The van der Waals surface area contributed by atoms with Gasteiger partial charge >= 0.3 is 0 Å². The minimum atomic E-state index is -0.291. The normalized spacial score (nSPS) is 14.4. The minimum absolute atomic E-state index is 0.0193. The number of benzene rings is 2. The maximum atomic E-state index is 13.2. The van der Waals surface area contributed by atoms with Crippen molar-refractivity contribution >= 4 is 5.69 Å². The summed E-state index contributed by atoms with van der Waals surface area (Å²) in [6, 6.07) is 13.6. The van der Waals surface area contributed by atoms with Crippen LogP contribution in [0.2, 0.25) is 0 Å². The summed E-state index contributed by atoms with van der Waals surface area (Å²) >= 11 is 0. The molecule has 4 rings (SSSR count). The van der Waals surface area contributed by atoms with Crippen LogP contribution < -0.4 is 30.3 Å². The van der Waals surface area contributed by atoms with Gasteiger partial charge in [0, 0.05) is 18.2 Å². The van der Waals surface area contributed by atoms with Crippen molar-refractivity contribution in [3.05, 3.63) is 81.3 Å². The van der Waals surface area contributed by atoms with Gasteiger partial charge in [-0.15, -0.1) is 0 Å². The summed E-state index contributed by atoms with van der Waals surface area (Å²) in [5.74, 6) is 1.41. The van der Waals surface area contributed by atoms with E-state index < -0.39 is 0 Å².